The van der Waals surface area contributed by atoms with Crippen LogP contribution in [0.2, 0.25) is 0 Å². The van der Waals surface area contributed by atoms with Gasteiger partial charge >= 0.3 is 0 Å². The highest BCUT2D eigenvalue weighted by Gasteiger charge is 2.32. The molecule has 1 aliphatic rings. The van der Waals surface area contributed by atoms with Crippen LogP contribution in [-0.4, -0.2) is 39.0 Å². The average Bonchev–Trinajstić information content (AvgIpc) is 3.49. The van der Waals surface area contributed by atoms with Crippen LogP contribution in [0.15, 0.2) is 77.1 Å². The molecule has 0 radical (unpaired) electrons. The first-order valence-electron chi connectivity index (χ1n) is 14.8. The average molecular weight is 636 g/mol. The fourth-order valence-electron chi connectivity index (χ4n) is 4.99. The van der Waals surface area contributed by atoms with Crippen molar-refractivity contribution in [3.05, 3.63) is 95.1 Å². The number of aliphatic hydroxyl groups excluding tert-OH is 1. The highest BCUT2D eigenvalue weighted by Crippen LogP contribution is 2.40. The number of para-hydroxylation sites is 1. The van der Waals surface area contributed by atoms with E-state index in [0.717, 1.165) is 44.3 Å². The normalized spacial score (nSPS) is 18.3. The zero-order valence-electron chi connectivity index (χ0n) is 24.3. The molecule has 0 aliphatic carbocycles. The molecule has 2 heterocycles. The van der Waals surface area contributed by atoms with Crippen LogP contribution in [-0.2, 0) is 32.2 Å². The summed E-state index contributed by atoms with van der Waals surface area (Å²) in [5.41, 5.74) is 6.39. The van der Waals surface area contributed by atoms with Gasteiger partial charge in [0, 0.05) is 37.1 Å². The minimum Gasteiger partial charge on any atom is -0.392 e. The highest BCUT2D eigenvalue weighted by molar-refractivity contribution is 8.01. The lowest BCUT2D eigenvalue weighted by molar-refractivity contribution is -0.245. The van der Waals surface area contributed by atoms with Crippen LogP contribution >= 0.6 is 23.1 Å². The van der Waals surface area contributed by atoms with Crippen molar-refractivity contribution in [2.24, 2.45) is 0 Å². The van der Waals surface area contributed by atoms with E-state index in [0.29, 0.717) is 32.2 Å². The van der Waals surface area contributed by atoms with Gasteiger partial charge in [0.25, 0.3) is 0 Å². The molecule has 4 aromatic rings. The molecule has 44 heavy (non-hydrogen) atoms. The molecule has 1 fully saturated rings. The molecule has 1 aliphatic heterocycles. The van der Waals surface area contributed by atoms with Crippen molar-refractivity contribution in [3.8, 4) is 0 Å². The minimum absolute atomic E-state index is 0.00270. The summed E-state index contributed by atoms with van der Waals surface area (Å²) in [5, 5.41) is 21.0. The standard InChI is InChI=1S/C33H37N3O6S2/c37-20-23-12-14-24(15-13-23)28-18-26(21-43-33-35-27-6-4-5-7-29(27)44-33)41-32(42-28)25-16-10-22(11-17-25)19-34-30(38)8-2-1-3-9-31(39)36-40/h4-7,10-17,26,28,32,37,40H,1-3,8-9,18-21H2,(H,34,38)(H,36,39)/t26-,28+,32+/m1/s1. The Labute approximate surface area is 265 Å². The molecular weight excluding hydrogens is 599 g/mol. The maximum Gasteiger partial charge on any atom is 0.243 e. The van der Waals surface area contributed by atoms with Crippen LogP contribution in [0.25, 0.3) is 10.2 Å². The number of nitrogens with zero attached hydrogens (tertiary/aromatic N) is 1. The van der Waals surface area contributed by atoms with Gasteiger partial charge < -0.3 is 19.9 Å². The van der Waals surface area contributed by atoms with Gasteiger partial charge in [-0.1, -0.05) is 78.8 Å². The quantitative estimate of drug-likeness (QED) is 0.0558. The lowest BCUT2D eigenvalue weighted by atomic mass is 10.0. The molecule has 11 heteroatoms. The molecule has 2 amide bonds. The van der Waals surface area contributed by atoms with E-state index in [1.54, 1.807) is 28.6 Å². The molecular formula is C33H37N3O6S2. The van der Waals surface area contributed by atoms with Gasteiger partial charge in [-0.05, 0) is 41.7 Å². The van der Waals surface area contributed by atoms with Gasteiger partial charge in [-0.15, -0.1) is 11.3 Å². The molecule has 1 saturated heterocycles. The van der Waals surface area contributed by atoms with Gasteiger partial charge in [0.2, 0.25) is 11.8 Å². The molecule has 0 bridgehead atoms. The van der Waals surface area contributed by atoms with Crippen molar-refractivity contribution in [2.45, 2.75) is 74.5 Å². The number of benzene rings is 3. The summed E-state index contributed by atoms with van der Waals surface area (Å²) in [6.07, 6.45) is 2.60. The van der Waals surface area contributed by atoms with Crippen LogP contribution in [0.3, 0.4) is 0 Å². The van der Waals surface area contributed by atoms with Gasteiger partial charge in [-0.3, -0.25) is 14.8 Å². The third-order valence-corrected chi connectivity index (χ3v) is 9.77. The number of aliphatic hydroxyl groups is 1. The first-order valence-corrected chi connectivity index (χ1v) is 16.6. The predicted molar refractivity (Wildman–Crippen MR) is 170 cm³/mol. The molecule has 5 rings (SSSR count). The number of fused-ring (bicyclic) bond motifs is 1. The molecule has 1 aromatic heterocycles. The summed E-state index contributed by atoms with van der Waals surface area (Å²) in [7, 11) is 0. The van der Waals surface area contributed by atoms with Crippen LogP contribution in [0.5, 0.6) is 0 Å². The Hall–Kier alpha value is -3.32. The molecule has 3 atom stereocenters. The van der Waals surface area contributed by atoms with Gasteiger partial charge in [-0.2, -0.15) is 0 Å². The van der Waals surface area contributed by atoms with Crippen molar-refractivity contribution >= 4 is 45.1 Å². The Morgan fingerprint density at radius 2 is 1.59 bits per heavy atom. The third-order valence-electron chi connectivity index (χ3n) is 7.46. The van der Waals surface area contributed by atoms with E-state index in [-0.39, 0.29) is 31.1 Å². The summed E-state index contributed by atoms with van der Waals surface area (Å²) in [6.45, 7) is 0.414. The van der Waals surface area contributed by atoms with Crippen LogP contribution in [0, 0.1) is 0 Å². The summed E-state index contributed by atoms with van der Waals surface area (Å²) in [4.78, 5) is 28.1. The smallest absolute Gasteiger partial charge is 0.243 e. The SMILES string of the molecule is O=C(CCCCCC(=O)NCc1ccc([C@H]2O[C@@H](CSc3nc4ccccc4s3)C[C@@H](c3ccc(CO)cc3)O2)cc1)NO. The van der Waals surface area contributed by atoms with Gasteiger partial charge in [-0.25, -0.2) is 10.5 Å². The third kappa shape index (κ3) is 9.10. The number of nitrogens with one attached hydrogen (secondary N) is 2. The fourth-order valence-corrected chi connectivity index (χ4v) is 7.10. The topological polar surface area (TPSA) is 130 Å². The lowest BCUT2D eigenvalue weighted by Gasteiger charge is -2.36. The number of carbonyl (C=O) groups is 2. The first-order chi connectivity index (χ1) is 21.5. The van der Waals surface area contributed by atoms with Crippen molar-refractivity contribution in [1.29, 1.82) is 0 Å². The van der Waals surface area contributed by atoms with E-state index in [2.05, 4.69) is 11.4 Å². The molecule has 0 saturated carbocycles. The number of thioether (sulfide) groups is 1. The number of thiazole rings is 1. The van der Waals surface area contributed by atoms with Crippen LogP contribution < -0.4 is 10.8 Å². The molecule has 4 N–H and O–H groups in total. The second kappa shape index (κ2) is 16.1. The number of unbranched alkanes of at least 4 members (excludes halogenated alkanes) is 2. The Balaban J connectivity index is 1.18. The zero-order chi connectivity index (χ0) is 30.7. The van der Waals surface area contributed by atoms with Crippen molar-refractivity contribution < 1.29 is 29.4 Å². The summed E-state index contributed by atoms with van der Waals surface area (Å²) in [6, 6.07) is 23.9. The van der Waals surface area contributed by atoms with E-state index in [9.17, 15) is 14.7 Å². The van der Waals surface area contributed by atoms with E-state index >= 15 is 0 Å². The first kappa shape index (κ1) is 32.1. The molecule has 0 spiro atoms. The number of rotatable bonds is 14. The predicted octanol–water partition coefficient (Wildman–Crippen LogP) is 6.20. The van der Waals surface area contributed by atoms with E-state index in [1.165, 1.54) is 4.70 Å². The minimum atomic E-state index is -0.552. The van der Waals surface area contributed by atoms with E-state index < -0.39 is 12.2 Å². The number of amides is 2. The largest absolute Gasteiger partial charge is 0.392 e. The van der Waals surface area contributed by atoms with Crippen molar-refractivity contribution in [1.82, 2.24) is 15.8 Å². The van der Waals surface area contributed by atoms with E-state index in [4.69, 9.17) is 19.7 Å². The maximum absolute atomic E-state index is 12.3. The summed E-state index contributed by atoms with van der Waals surface area (Å²) >= 11 is 3.39. The summed E-state index contributed by atoms with van der Waals surface area (Å²) in [5.74, 6) is 0.292. The van der Waals surface area contributed by atoms with Gasteiger partial charge in [0.1, 0.15) is 0 Å². The second-order valence-corrected chi connectivity index (χ2v) is 13.0. The fraction of sp³-hybridized carbons (Fsp3) is 0.364. The van der Waals surface area contributed by atoms with Gasteiger partial charge in [0.05, 0.1) is 29.0 Å². The number of carbonyl (C=O) groups excluding carboxylic acids is 2. The lowest BCUT2D eigenvalue weighted by Crippen LogP contribution is -2.31. The Morgan fingerprint density at radius 1 is 0.886 bits per heavy atom. The molecule has 9 nitrogen and oxygen atoms in total. The maximum atomic E-state index is 12.3. The number of ether oxygens (including phenoxy) is 2. The molecule has 232 valence electrons. The van der Waals surface area contributed by atoms with E-state index in [1.807, 2.05) is 66.7 Å². The van der Waals surface area contributed by atoms with Gasteiger partial charge in [0.15, 0.2) is 10.6 Å². The highest BCUT2D eigenvalue weighted by atomic mass is 32.2. The number of hydroxylamine groups is 1. The zero-order valence-corrected chi connectivity index (χ0v) is 25.9. The van der Waals surface area contributed by atoms with Crippen molar-refractivity contribution in [2.75, 3.05) is 5.75 Å². The summed E-state index contributed by atoms with van der Waals surface area (Å²) < 4.78 is 15.1. The Kier molecular flexibility index (Phi) is 11.8. The van der Waals surface area contributed by atoms with Crippen LogP contribution in [0.4, 0.5) is 0 Å². The molecule has 3 aromatic carbocycles. The monoisotopic (exact) mass is 635 g/mol. The second-order valence-electron chi connectivity index (χ2n) is 10.7. The Bertz CT molecular complexity index is 1480. The molecule has 0 unspecified atom stereocenters. The van der Waals surface area contributed by atoms with Crippen LogP contribution in [0.1, 0.15) is 73.2 Å². The van der Waals surface area contributed by atoms with Crippen molar-refractivity contribution in [3.63, 3.8) is 0 Å². The number of hydrogen-bond donors (Lipinski definition) is 4. The number of aromatic nitrogens is 1. The Morgan fingerprint density at radius 3 is 2.32 bits per heavy atom. The number of hydrogen-bond acceptors (Lipinski definition) is 9.